The standard InChI is InChI=1S/C24H43NO6S/c1-3-4-5-6-7-8-9-10-11-12-13-16-22(21(27)15-14-17-23(28)29)32-20(2)25(19-26)18-24(30)31/h13,16,19-22,27H,3-12,14-15,17-18H2,1-2H3,(H,28,29)(H,30,31)/t20-,21+,22+/m1/s1. The topological polar surface area (TPSA) is 115 Å². The van der Waals surface area contributed by atoms with Crippen LogP contribution in [0.1, 0.15) is 97.3 Å². The molecule has 0 aliphatic carbocycles. The van der Waals surface area contributed by atoms with Gasteiger partial charge in [-0.3, -0.25) is 14.4 Å². The van der Waals surface area contributed by atoms with Gasteiger partial charge in [0.2, 0.25) is 6.41 Å². The summed E-state index contributed by atoms with van der Waals surface area (Å²) >= 11 is 1.31. The SMILES string of the molecule is CCCCCCCCCCCC=C[C@H](S[C@H](C)N(C=O)CC(=O)O)[C@@H](O)CCCC(=O)O. The molecule has 7 nitrogen and oxygen atoms in total. The molecular formula is C24H43NO6S. The fourth-order valence-corrected chi connectivity index (χ4v) is 4.66. The number of carbonyl (C=O) groups excluding carboxylic acids is 1. The first-order valence-electron chi connectivity index (χ1n) is 12.0. The van der Waals surface area contributed by atoms with Crippen molar-refractivity contribution in [3.05, 3.63) is 12.2 Å². The first kappa shape index (κ1) is 30.5. The predicted molar refractivity (Wildman–Crippen MR) is 130 cm³/mol. The van der Waals surface area contributed by atoms with Crippen molar-refractivity contribution in [3.63, 3.8) is 0 Å². The molecule has 186 valence electrons. The molecule has 0 aromatic heterocycles. The number of thioether (sulfide) groups is 1. The van der Waals surface area contributed by atoms with Crippen molar-refractivity contribution in [1.29, 1.82) is 0 Å². The second kappa shape index (κ2) is 20.1. The van der Waals surface area contributed by atoms with Crippen LogP contribution < -0.4 is 0 Å². The quantitative estimate of drug-likeness (QED) is 0.0870. The van der Waals surface area contributed by atoms with Crippen LogP contribution in [-0.2, 0) is 14.4 Å². The fourth-order valence-electron chi connectivity index (χ4n) is 3.41. The van der Waals surface area contributed by atoms with Gasteiger partial charge in [0.25, 0.3) is 0 Å². The molecule has 32 heavy (non-hydrogen) atoms. The molecule has 0 saturated heterocycles. The minimum absolute atomic E-state index is 0.00830. The molecule has 3 N–H and O–H groups in total. The summed E-state index contributed by atoms with van der Waals surface area (Å²) in [6, 6.07) is 0. The number of aliphatic hydroxyl groups is 1. The molecule has 0 fully saturated rings. The van der Waals surface area contributed by atoms with Gasteiger partial charge in [-0.15, -0.1) is 11.8 Å². The molecule has 0 aliphatic heterocycles. The van der Waals surface area contributed by atoms with Crippen molar-refractivity contribution in [2.75, 3.05) is 6.54 Å². The Morgan fingerprint density at radius 2 is 1.53 bits per heavy atom. The van der Waals surface area contributed by atoms with Crippen LogP contribution in [0.3, 0.4) is 0 Å². The smallest absolute Gasteiger partial charge is 0.323 e. The molecule has 0 bridgehead atoms. The van der Waals surface area contributed by atoms with E-state index in [1.807, 2.05) is 12.2 Å². The third-order valence-electron chi connectivity index (χ3n) is 5.34. The minimum Gasteiger partial charge on any atom is -0.481 e. The highest BCUT2D eigenvalue weighted by Gasteiger charge is 2.24. The molecule has 0 spiro atoms. The molecule has 0 heterocycles. The van der Waals surface area contributed by atoms with E-state index in [0.717, 1.165) is 12.8 Å². The number of amides is 1. The predicted octanol–water partition coefficient (Wildman–Crippen LogP) is 5.07. The summed E-state index contributed by atoms with van der Waals surface area (Å²) in [5.74, 6) is -1.99. The lowest BCUT2D eigenvalue weighted by atomic mass is 10.1. The summed E-state index contributed by atoms with van der Waals surface area (Å²) in [6.07, 6.45) is 16.6. The lowest BCUT2D eigenvalue weighted by Crippen LogP contribution is -2.36. The number of aliphatic carboxylic acids is 2. The zero-order valence-corrected chi connectivity index (χ0v) is 20.6. The summed E-state index contributed by atoms with van der Waals surface area (Å²) in [5.41, 5.74) is 0. The zero-order chi connectivity index (χ0) is 24.2. The van der Waals surface area contributed by atoms with Gasteiger partial charge in [0.05, 0.1) is 16.7 Å². The van der Waals surface area contributed by atoms with Crippen LogP contribution in [0.25, 0.3) is 0 Å². The van der Waals surface area contributed by atoms with Crippen LogP contribution in [-0.4, -0.2) is 61.8 Å². The van der Waals surface area contributed by atoms with Gasteiger partial charge in [0.1, 0.15) is 6.54 Å². The van der Waals surface area contributed by atoms with Gasteiger partial charge < -0.3 is 20.2 Å². The lowest BCUT2D eigenvalue weighted by Gasteiger charge is -2.28. The number of hydrogen-bond donors (Lipinski definition) is 3. The highest BCUT2D eigenvalue weighted by atomic mass is 32.2. The van der Waals surface area contributed by atoms with E-state index in [1.54, 1.807) is 6.92 Å². The van der Waals surface area contributed by atoms with Gasteiger partial charge in [-0.1, -0.05) is 70.4 Å². The van der Waals surface area contributed by atoms with Crippen LogP contribution >= 0.6 is 11.8 Å². The van der Waals surface area contributed by atoms with E-state index in [2.05, 4.69) is 6.92 Å². The summed E-state index contributed by atoms with van der Waals surface area (Å²) in [6.45, 7) is 3.55. The van der Waals surface area contributed by atoms with E-state index in [0.29, 0.717) is 19.3 Å². The van der Waals surface area contributed by atoms with E-state index in [9.17, 15) is 19.5 Å². The third-order valence-corrected chi connectivity index (χ3v) is 6.79. The molecular weight excluding hydrogens is 430 g/mol. The number of aliphatic hydroxyl groups excluding tert-OH is 1. The van der Waals surface area contributed by atoms with Gasteiger partial charge in [-0.2, -0.15) is 0 Å². The normalized spacial score (nSPS) is 14.2. The Kier molecular flexibility index (Phi) is 19.1. The second-order valence-electron chi connectivity index (χ2n) is 8.27. The number of rotatable bonds is 22. The number of carbonyl (C=O) groups is 3. The van der Waals surface area contributed by atoms with Crippen LogP contribution in [0.4, 0.5) is 0 Å². The molecule has 0 rings (SSSR count). The molecule has 1 amide bonds. The summed E-state index contributed by atoms with van der Waals surface area (Å²) < 4.78 is 0. The van der Waals surface area contributed by atoms with Gasteiger partial charge in [-0.05, 0) is 32.6 Å². The maximum atomic E-state index is 11.2. The molecule has 0 saturated carbocycles. The van der Waals surface area contributed by atoms with Crippen molar-refractivity contribution < 1.29 is 29.7 Å². The van der Waals surface area contributed by atoms with E-state index >= 15 is 0 Å². The Morgan fingerprint density at radius 1 is 0.938 bits per heavy atom. The van der Waals surface area contributed by atoms with Crippen molar-refractivity contribution in [2.24, 2.45) is 0 Å². The molecule has 0 unspecified atom stereocenters. The van der Waals surface area contributed by atoms with Gasteiger partial charge in [0.15, 0.2) is 0 Å². The third kappa shape index (κ3) is 17.1. The van der Waals surface area contributed by atoms with Crippen LogP contribution in [0.2, 0.25) is 0 Å². The fraction of sp³-hybridized carbons (Fsp3) is 0.792. The molecule has 0 radical (unpaired) electrons. The average Bonchev–Trinajstić information content (AvgIpc) is 2.74. The summed E-state index contributed by atoms with van der Waals surface area (Å²) in [4.78, 5) is 34.1. The van der Waals surface area contributed by atoms with Crippen molar-refractivity contribution in [2.45, 2.75) is 114 Å². The molecule has 0 aliphatic rings. The van der Waals surface area contributed by atoms with E-state index in [1.165, 1.54) is 68.0 Å². The maximum absolute atomic E-state index is 11.2. The number of unbranched alkanes of at least 4 members (excludes halogenated alkanes) is 9. The Bertz CT molecular complexity index is 543. The Balaban J connectivity index is 4.55. The molecule has 8 heteroatoms. The van der Waals surface area contributed by atoms with E-state index in [4.69, 9.17) is 10.2 Å². The molecule has 0 aromatic rings. The highest BCUT2D eigenvalue weighted by molar-refractivity contribution is 8.00. The highest BCUT2D eigenvalue weighted by Crippen LogP contribution is 2.26. The second-order valence-corrected chi connectivity index (χ2v) is 9.77. The van der Waals surface area contributed by atoms with Crippen molar-refractivity contribution in [3.8, 4) is 0 Å². The van der Waals surface area contributed by atoms with Crippen molar-refractivity contribution >= 4 is 30.1 Å². The van der Waals surface area contributed by atoms with Crippen molar-refractivity contribution in [1.82, 2.24) is 4.90 Å². The van der Waals surface area contributed by atoms with Gasteiger partial charge in [0, 0.05) is 6.42 Å². The number of nitrogens with zero attached hydrogens (tertiary/aromatic N) is 1. The average molecular weight is 474 g/mol. The van der Waals surface area contributed by atoms with Crippen LogP contribution in [0.15, 0.2) is 12.2 Å². The minimum atomic E-state index is -1.09. The Morgan fingerprint density at radius 3 is 2.06 bits per heavy atom. The number of carboxylic acid groups (broad SMARTS) is 2. The maximum Gasteiger partial charge on any atom is 0.323 e. The molecule has 3 atom stereocenters. The van der Waals surface area contributed by atoms with Crippen LogP contribution in [0, 0.1) is 0 Å². The van der Waals surface area contributed by atoms with E-state index < -0.39 is 30.0 Å². The Hall–Kier alpha value is -1.54. The number of hydrogen-bond acceptors (Lipinski definition) is 5. The first-order chi connectivity index (χ1) is 15.3. The number of allylic oxidation sites excluding steroid dienone is 1. The zero-order valence-electron chi connectivity index (χ0n) is 19.8. The summed E-state index contributed by atoms with van der Waals surface area (Å²) in [7, 11) is 0. The van der Waals surface area contributed by atoms with Gasteiger partial charge >= 0.3 is 11.9 Å². The largest absolute Gasteiger partial charge is 0.481 e. The van der Waals surface area contributed by atoms with Crippen LogP contribution in [0.5, 0.6) is 0 Å². The molecule has 0 aromatic carbocycles. The van der Waals surface area contributed by atoms with Gasteiger partial charge in [-0.25, -0.2) is 0 Å². The monoisotopic (exact) mass is 473 g/mol. The Labute approximate surface area is 197 Å². The number of carboxylic acids is 2. The summed E-state index contributed by atoms with van der Waals surface area (Å²) in [5, 5.41) is 27.6. The first-order valence-corrected chi connectivity index (χ1v) is 12.9. The van der Waals surface area contributed by atoms with E-state index in [-0.39, 0.29) is 11.7 Å². The lowest BCUT2D eigenvalue weighted by molar-refractivity contribution is -0.141.